The van der Waals surface area contributed by atoms with Crippen molar-refractivity contribution in [2.45, 2.75) is 32.0 Å². The van der Waals surface area contributed by atoms with Crippen molar-refractivity contribution < 1.29 is 40.2 Å². The van der Waals surface area contributed by atoms with Crippen LogP contribution < -0.4 is 9.47 Å². The van der Waals surface area contributed by atoms with Gasteiger partial charge in [-0.2, -0.15) is 0 Å². The first-order valence-corrected chi connectivity index (χ1v) is 11.3. The molecule has 10 heteroatoms. The molecule has 0 saturated carbocycles. The normalized spacial score (nSPS) is 17.7. The lowest BCUT2D eigenvalue weighted by atomic mass is 10.0. The van der Waals surface area contributed by atoms with Gasteiger partial charge in [0.05, 0.1) is 5.56 Å². The van der Waals surface area contributed by atoms with Crippen LogP contribution in [0.1, 0.15) is 35.8 Å². The van der Waals surface area contributed by atoms with Gasteiger partial charge in [0, 0.05) is 55.4 Å². The summed E-state index contributed by atoms with van der Waals surface area (Å²) in [4.78, 5) is 1.59. The Morgan fingerprint density at radius 3 is 1.95 bits per heavy atom. The molecule has 1 fully saturated rings. The van der Waals surface area contributed by atoms with Gasteiger partial charge in [-0.15, -0.1) is 0 Å². The van der Waals surface area contributed by atoms with Crippen LogP contribution in [0, 0.1) is 36.0 Å². The van der Waals surface area contributed by atoms with Gasteiger partial charge in [-0.05, 0) is 36.8 Å². The number of likely N-dealkylation sites (tertiary alicyclic amines) is 1. The molecule has 2 aliphatic heterocycles. The Bertz CT molecular complexity index is 1320. The van der Waals surface area contributed by atoms with Gasteiger partial charge in [-0.1, -0.05) is 12.6 Å². The van der Waals surface area contributed by atoms with E-state index in [9.17, 15) is 30.7 Å². The second-order valence-electron chi connectivity index (χ2n) is 8.70. The van der Waals surface area contributed by atoms with Gasteiger partial charge in [0.15, 0.2) is 11.5 Å². The number of hydrogen-bond acceptors (Lipinski definition) is 3. The minimum atomic E-state index is -2.73. The number of aryl methyl sites for hydroxylation is 1. The molecular weight excluding hydrogens is 503 g/mol. The lowest BCUT2D eigenvalue weighted by molar-refractivity contribution is -0.0450. The van der Waals surface area contributed by atoms with Crippen LogP contribution in [0.2, 0.25) is 0 Å². The molecule has 3 aromatic rings. The number of alkyl halides is 2. The van der Waals surface area contributed by atoms with Crippen molar-refractivity contribution >= 4 is 5.70 Å². The SMILES string of the molecule is C=C(c1cc2c(cc1F)OC(c1ccc(F)cc1F)O2)N1CCC(F)(F)CC1.Cc1ccc(F)cc1F. The number of hydrogen-bond donors (Lipinski definition) is 0. The van der Waals surface area contributed by atoms with E-state index in [1.807, 2.05) is 0 Å². The van der Waals surface area contributed by atoms with E-state index in [-0.39, 0.29) is 54.3 Å². The molecule has 37 heavy (non-hydrogen) atoms. The summed E-state index contributed by atoms with van der Waals surface area (Å²) in [6.45, 7) is 5.54. The third-order valence-electron chi connectivity index (χ3n) is 6.04. The topological polar surface area (TPSA) is 21.7 Å². The van der Waals surface area contributed by atoms with Crippen molar-refractivity contribution in [2.24, 2.45) is 0 Å². The maximum absolute atomic E-state index is 14.6. The van der Waals surface area contributed by atoms with Gasteiger partial charge in [-0.25, -0.2) is 30.7 Å². The standard InChI is InChI=1S/C20H16F5NO2.C7H6F2/c1-11(26-6-4-20(24,25)5-7-26)14-9-17-18(10-16(14)23)28-19(27-17)13-3-2-12(21)8-15(13)22;1-5-2-3-6(8)4-7(5)9/h2-3,8-10,19H,1,4-7H2;2-4H,1H3. The first kappa shape index (κ1) is 26.4. The molecule has 2 aliphatic rings. The fourth-order valence-electron chi connectivity index (χ4n) is 3.86. The second-order valence-corrected chi connectivity index (χ2v) is 8.70. The molecule has 0 spiro atoms. The molecular formula is C27H22F7NO2. The Labute approximate surface area is 208 Å². The van der Waals surface area contributed by atoms with Crippen LogP contribution in [0.4, 0.5) is 30.7 Å². The molecule has 2 heterocycles. The summed E-state index contributed by atoms with van der Waals surface area (Å²) < 4.78 is 104. The Balaban J connectivity index is 0.000000301. The summed E-state index contributed by atoms with van der Waals surface area (Å²) in [6.07, 6.45) is -1.85. The van der Waals surface area contributed by atoms with Crippen molar-refractivity contribution in [1.29, 1.82) is 0 Å². The van der Waals surface area contributed by atoms with Crippen LogP contribution in [0.25, 0.3) is 5.70 Å². The molecule has 3 aromatic carbocycles. The van der Waals surface area contributed by atoms with Crippen LogP contribution in [0.5, 0.6) is 11.5 Å². The number of fused-ring (bicyclic) bond motifs is 1. The zero-order valence-corrected chi connectivity index (χ0v) is 19.6. The van der Waals surface area contributed by atoms with Gasteiger partial charge in [0.25, 0.3) is 12.2 Å². The molecule has 1 atom stereocenters. The largest absolute Gasteiger partial charge is 0.447 e. The third-order valence-corrected chi connectivity index (χ3v) is 6.04. The Kier molecular flexibility index (Phi) is 7.38. The Hall–Kier alpha value is -3.69. The van der Waals surface area contributed by atoms with Crippen molar-refractivity contribution in [1.82, 2.24) is 4.90 Å². The van der Waals surface area contributed by atoms with E-state index in [2.05, 4.69) is 6.58 Å². The molecule has 0 bridgehead atoms. The van der Waals surface area contributed by atoms with Gasteiger partial charge in [-0.3, -0.25) is 0 Å². The van der Waals surface area contributed by atoms with Crippen molar-refractivity contribution in [3.8, 4) is 11.5 Å². The lowest BCUT2D eigenvalue weighted by Gasteiger charge is -2.34. The first-order chi connectivity index (χ1) is 17.4. The highest BCUT2D eigenvalue weighted by Crippen LogP contribution is 2.44. The van der Waals surface area contributed by atoms with E-state index in [0.29, 0.717) is 11.6 Å². The van der Waals surface area contributed by atoms with E-state index in [1.54, 1.807) is 11.8 Å². The maximum Gasteiger partial charge on any atom is 0.270 e. The predicted octanol–water partition coefficient (Wildman–Crippen LogP) is 7.55. The fraction of sp³-hybridized carbons (Fsp3) is 0.259. The predicted molar refractivity (Wildman–Crippen MR) is 123 cm³/mol. The van der Waals surface area contributed by atoms with Crippen LogP contribution in [-0.2, 0) is 0 Å². The zero-order valence-electron chi connectivity index (χ0n) is 19.6. The van der Waals surface area contributed by atoms with E-state index in [1.165, 1.54) is 24.3 Å². The van der Waals surface area contributed by atoms with Crippen molar-refractivity contribution in [3.63, 3.8) is 0 Å². The minimum Gasteiger partial charge on any atom is -0.447 e. The average Bonchev–Trinajstić information content (AvgIpc) is 3.23. The number of rotatable bonds is 3. The van der Waals surface area contributed by atoms with Crippen LogP contribution in [0.15, 0.2) is 55.1 Å². The van der Waals surface area contributed by atoms with E-state index in [0.717, 1.165) is 18.2 Å². The molecule has 1 saturated heterocycles. The van der Waals surface area contributed by atoms with Gasteiger partial charge >= 0.3 is 0 Å². The summed E-state index contributed by atoms with van der Waals surface area (Å²) in [5, 5.41) is 0. The van der Waals surface area contributed by atoms with E-state index in [4.69, 9.17) is 9.47 Å². The van der Waals surface area contributed by atoms with E-state index < -0.39 is 41.3 Å². The molecule has 0 radical (unpaired) electrons. The lowest BCUT2D eigenvalue weighted by Crippen LogP contribution is -2.38. The molecule has 196 valence electrons. The van der Waals surface area contributed by atoms with E-state index >= 15 is 0 Å². The highest BCUT2D eigenvalue weighted by molar-refractivity contribution is 5.66. The summed E-state index contributed by atoms with van der Waals surface area (Å²) in [5.41, 5.74) is 0.789. The number of nitrogens with zero attached hydrogens (tertiary/aromatic N) is 1. The zero-order chi connectivity index (χ0) is 26.9. The Morgan fingerprint density at radius 2 is 1.38 bits per heavy atom. The summed E-state index contributed by atoms with van der Waals surface area (Å²) in [7, 11) is 0. The molecule has 0 aromatic heterocycles. The van der Waals surface area contributed by atoms with Crippen LogP contribution >= 0.6 is 0 Å². The van der Waals surface area contributed by atoms with Gasteiger partial charge in [0.2, 0.25) is 0 Å². The summed E-state index contributed by atoms with van der Waals surface area (Å²) in [5.74, 6) is -5.78. The van der Waals surface area contributed by atoms with Gasteiger partial charge < -0.3 is 14.4 Å². The van der Waals surface area contributed by atoms with Crippen molar-refractivity contribution in [2.75, 3.05) is 13.1 Å². The molecule has 0 aliphatic carbocycles. The third kappa shape index (κ3) is 6.00. The first-order valence-electron chi connectivity index (χ1n) is 11.3. The average molecular weight is 525 g/mol. The van der Waals surface area contributed by atoms with Gasteiger partial charge in [0.1, 0.15) is 29.1 Å². The quantitative estimate of drug-likeness (QED) is 0.330. The monoisotopic (exact) mass is 525 g/mol. The van der Waals surface area contributed by atoms with Crippen LogP contribution in [0.3, 0.4) is 0 Å². The summed E-state index contributed by atoms with van der Waals surface area (Å²) in [6, 6.07) is 8.89. The Morgan fingerprint density at radius 1 is 0.811 bits per heavy atom. The maximum atomic E-state index is 14.6. The van der Waals surface area contributed by atoms with Crippen LogP contribution in [-0.4, -0.2) is 23.9 Å². The number of halogens is 7. The fourth-order valence-corrected chi connectivity index (χ4v) is 3.86. The smallest absolute Gasteiger partial charge is 0.270 e. The second kappa shape index (κ2) is 10.4. The molecule has 5 rings (SSSR count). The molecule has 3 nitrogen and oxygen atoms in total. The molecule has 0 N–H and O–H groups in total. The number of ether oxygens (including phenoxy) is 2. The van der Waals surface area contributed by atoms with Crippen molar-refractivity contribution in [3.05, 3.63) is 101 Å². The highest BCUT2D eigenvalue weighted by Gasteiger charge is 2.36. The minimum absolute atomic E-state index is 0.0309. The molecule has 0 amide bonds. The highest BCUT2D eigenvalue weighted by atomic mass is 19.3. The number of piperidine rings is 1. The summed E-state index contributed by atoms with van der Waals surface area (Å²) >= 11 is 0. The number of benzene rings is 3. The molecule has 1 unspecified atom stereocenters.